The molecule has 1 heterocycles. The number of ether oxygens (including phenoxy) is 2. The first-order valence-electron chi connectivity index (χ1n) is 6.93. The molecule has 0 atom stereocenters. The SMILES string of the molecule is COc1cc(C)cc(OC)c1-c1cn(-c2ccccc2)nn1. The summed E-state index contributed by atoms with van der Waals surface area (Å²) in [6.45, 7) is 2.00. The van der Waals surface area contributed by atoms with Crippen molar-refractivity contribution in [1.29, 1.82) is 0 Å². The molecule has 3 aromatic rings. The van der Waals surface area contributed by atoms with Gasteiger partial charge in [-0.2, -0.15) is 0 Å². The Morgan fingerprint density at radius 1 is 0.955 bits per heavy atom. The summed E-state index contributed by atoms with van der Waals surface area (Å²) in [7, 11) is 3.28. The molecule has 0 N–H and O–H groups in total. The molecule has 0 saturated heterocycles. The average Bonchev–Trinajstić information content (AvgIpc) is 3.04. The lowest BCUT2D eigenvalue weighted by Gasteiger charge is -2.12. The standard InChI is InChI=1S/C17H17N3O2/c1-12-9-15(21-2)17(16(10-12)22-3)14-11-20(19-18-14)13-7-5-4-6-8-13/h4-11H,1-3H3. The molecular formula is C17H17N3O2. The lowest BCUT2D eigenvalue weighted by molar-refractivity contribution is 0.396. The van der Waals surface area contributed by atoms with Crippen LogP contribution in [0, 0.1) is 6.92 Å². The van der Waals surface area contributed by atoms with Gasteiger partial charge in [-0.15, -0.1) is 5.10 Å². The van der Waals surface area contributed by atoms with E-state index in [-0.39, 0.29) is 0 Å². The van der Waals surface area contributed by atoms with Crippen LogP contribution in [0.3, 0.4) is 0 Å². The quantitative estimate of drug-likeness (QED) is 0.741. The number of para-hydroxylation sites is 1. The Kier molecular flexibility index (Phi) is 3.78. The fourth-order valence-corrected chi connectivity index (χ4v) is 2.38. The molecule has 0 saturated carbocycles. The second-order valence-electron chi connectivity index (χ2n) is 4.93. The van der Waals surface area contributed by atoms with Gasteiger partial charge >= 0.3 is 0 Å². The van der Waals surface area contributed by atoms with Crippen molar-refractivity contribution in [3.05, 3.63) is 54.2 Å². The predicted molar refractivity (Wildman–Crippen MR) is 84.6 cm³/mol. The van der Waals surface area contributed by atoms with Gasteiger partial charge in [0.15, 0.2) is 0 Å². The number of hydrogen-bond acceptors (Lipinski definition) is 4. The molecule has 0 spiro atoms. The van der Waals surface area contributed by atoms with Crippen molar-refractivity contribution in [3.8, 4) is 28.4 Å². The molecule has 0 aliphatic carbocycles. The van der Waals surface area contributed by atoms with Crippen molar-refractivity contribution in [2.75, 3.05) is 14.2 Å². The van der Waals surface area contributed by atoms with E-state index in [0.717, 1.165) is 28.3 Å². The zero-order valence-electron chi connectivity index (χ0n) is 12.8. The van der Waals surface area contributed by atoms with E-state index in [1.54, 1.807) is 18.9 Å². The topological polar surface area (TPSA) is 49.2 Å². The summed E-state index contributed by atoms with van der Waals surface area (Å²) in [4.78, 5) is 0. The molecule has 0 radical (unpaired) electrons. The van der Waals surface area contributed by atoms with Crippen LogP contribution in [0.15, 0.2) is 48.7 Å². The first kappa shape index (κ1) is 14.1. The molecular weight excluding hydrogens is 278 g/mol. The number of aromatic nitrogens is 3. The zero-order valence-corrected chi connectivity index (χ0v) is 12.8. The lowest BCUT2D eigenvalue weighted by Crippen LogP contribution is -1.95. The van der Waals surface area contributed by atoms with Gasteiger partial charge in [-0.05, 0) is 36.8 Å². The summed E-state index contributed by atoms with van der Waals surface area (Å²) in [5.74, 6) is 1.44. The Morgan fingerprint density at radius 2 is 1.59 bits per heavy atom. The molecule has 0 fully saturated rings. The van der Waals surface area contributed by atoms with Crippen LogP contribution in [-0.4, -0.2) is 29.2 Å². The Hall–Kier alpha value is -2.82. The van der Waals surface area contributed by atoms with Crippen molar-refractivity contribution in [2.24, 2.45) is 0 Å². The molecule has 0 aliphatic heterocycles. The highest BCUT2D eigenvalue weighted by atomic mass is 16.5. The third kappa shape index (κ3) is 2.53. The molecule has 1 aromatic heterocycles. The normalized spacial score (nSPS) is 10.5. The van der Waals surface area contributed by atoms with Crippen LogP contribution in [0.5, 0.6) is 11.5 Å². The molecule has 112 valence electrons. The Balaban J connectivity index is 2.11. The van der Waals surface area contributed by atoms with Crippen LogP contribution in [-0.2, 0) is 0 Å². The van der Waals surface area contributed by atoms with E-state index in [9.17, 15) is 0 Å². The van der Waals surface area contributed by atoms with Crippen LogP contribution in [0.1, 0.15) is 5.56 Å². The summed E-state index contributed by atoms with van der Waals surface area (Å²) < 4.78 is 12.7. The summed E-state index contributed by atoms with van der Waals surface area (Å²) in [5.41, 5.74) is 3.52. The summed E-state index contributed by atoms with van der Waals surface area (Å²) in [5, 5.41) is 8.45. The molecule has 0 bridgehead atoms. The third-order valence-corrected chi connectivity index (χ3v) is 3.42. The van der Waals surface area contributed by atoms with Crippen molar-refractivity contribution in [1.82, 2.24) is 15.0 Å². The van der Waals surface area contributed by atoms with Gasteiger partial charge in [-0.3, -0.25) is 0 Å². The smallest absolute Gasteiger partial charge is 0.132 e. The highest BCUT2D eigenvalue weighted by molar-refractivity contribution is 5.74. The first-order valence-corrected chi connectivity index (χ1v) is 6.93. The zero-order chi connectivity index (χ0) is 15.5. The van der Waals surface area contributed by atoms with Gasteiger partial charge in [-0.1, -0.05) is 23.4 Å². The summed E-state index contributed by atoms with van der Waals surface area (Å²) in [6.07, 6.45) is 1.87. The number of methoxy groups -OCH3 is 2. The molecule has 3 rings (SSSR count). The Bertz CT molecular complexity index is 757. The number of hydrogen-bond donors (Lipinski definition) is 0. The number of aryl methyl sites for hydroxylation is 1. The summed E-state index contributed by atoms with van der Waals surface area (Å²) >= 11 is 0. The fourth-order valence-electron chi connectivity index (χ4n) is 2.38. The minimum atomic E-state index is 0.706. The third-order valence-electron chi connectivity index (χ3n) is 3.42. The number of rotatable bonds is 4. The second kappa shape index (κ2) is 5.89. The van der Waals surface area contributed by atoms with E-state index < -0.39 is 0 Å². The van der Waals surface area contributed by atoms with Crippen molar-refractivity contribution in [2.45, 2.75) is 6.92 Å². The number of nitrogens with zero attached hydrogens (tertiary/aromatic N) is 3. The maximum atomic E-state index is 5.48. The minimum absolute atomic E-state index is 0.706. The Labute approximate surface area is 129 Å². The molecule has 22 heavy (non-hydrogen) atoms. The van der Waals surface area contributed by atoms with Crippen molar-refractivity contribution in [3.63, 3.8) is 0 Å². The molecule has 5 nitrogen and oxygen atoms in total. The van der Waals surface area contributed by atoms with Gasteiger partial charge in [0.05, 0.1) is 31.7 Å². The molecule has 5 heteroatoms. The van der Waals surface area contributed by atoms with Crippen LogP contribution in [0.4, 0.5) is 0 Å². The highest BCUT2D eigenvalue weighted by Crippen LogP contribution is 2.38. The van der Waals surface area contributed by atoms with Gasteiger partial charge in [0.25, 0.3) is 0 Å². The van der Waals surface area contributed by atoms with E-state index in [1.807, 2.05) is 55.6 Å². The molecule has 0 amide bonds. The molecule has 0 aliphatic rings. The maximum Gasteiger partial charge on any atom is 0.132 e. The summed E-state index contributed by atoms with van der Waals surface area (Å²) in [6, 6.07) is 13.8. The van der Waals surface area contributed by atoms with E-state index in [0.29, 0.717) is 5.69 Å². The van der Waals surface area contributed by atoms with Gasteiger partial charge in [0.2, 0.25) is 0 Å². The Morgan fingerprint density at radius 3 is 2.18 bits per heavy atom. The van der Waals surface area contributed by atoms with Gasteiger partial charge in [0.1, 0.15) is 17.2 Å². The van der Waals surface area contributed by atoms with E-state index in [2.05, 4.69) is 10.3 Å². The lowest BCUT2D eigenvalue weighted by atomic mass is 10.1. The first-order chi connectivity index (χ1) is 10.7. The molecule has 0 unspecified atom stereocenters. The highest BCUT2D eigenvalue weighted by Gasteiger charge is 2.17. The van der Waals surface area contributed by atoms with Crippen LogP contribution in [0.2, 0.25) is 0 Å². The van der Waals surface area contributed by atoms with Crippen molar-refractivity contribution < 1.29 is 9.47 Å². The number of benzene rings is 2. The van der Waals surface area contributed by atoms with Gasteiger partial charge in [0, 0.05) is 0 Å². The monoisotopic (exact) mass is 295 g/mol. The predicted octanol–water partition coefficient (Wildman–Crippen LogP) is 3.26. The van der Waals surface area contributed by atoms with Crippen LogP contribution in [0.25, 0.3) is 16.9 Å². The maximum absolute atomic E-state index is 5.48. The molecule has 2 aromatic carbocycles. The largest absolute Gasteiger partial charge is 0.496 e. The van der Waals surface area contributed by atoms with E-state index in [4.69, 9.17) is 9.47 Å². The average molecular weight is 295 g/mol. The minimum Gasteiger partial charge on any atom is -0.496 e. The van der Waals surface area contributed by atoms with Gasteiger partial charge in [-0.25, -0.2) is 4.68 Å². The van der Waals surface area contributed by atoms with E-state index >= 15 is 0 Å². The fraction of sp³-hybridized carbons (Fsp3) is 0.176. The van der Waals surface area contributed by atoms with Crippen LogP contribution < -0.4 is 9.47 Å². The van der Waals surface area contributed by atoms with Gasteiger partial charge < -0.3 is 9.47 Å². The second-order valence-corrected chi connectivity index (χ2v) is 4.93. The van der Waals surface area contributed by atoms with Crippen LogP contribution >= 0.6 is 0 Å². The van der Waals surface area contributed by atoms with Crippen molar-refractivity contribution >= 4 is 0 Å². The van der Waals surface area contributed by atoms with E-state index in [1.165, 1.54) is 0 Å².